The number of nitrogens with one attached hydrogen (secondary N) is 1. The summed E-state index contributed by atoms with van der Waals surface area (Å²) >= 11 is 3.12. The molecule has 0 aromatic heterocycles. The SMILES string of the molecule is CC(OC(=O)c1ccc(N)cc1)C(=O)Nc1ccc(Br)cc1F. The van der Waals surface area contributed by atoms with E-state index in [0.29, 0.717) is 10.2 Å². The molecule has 0 saturated carbocycles. The molecule has 2 aromatic rings. The number of nitrogen functional groups attached to an aromatic ring is 1. The Bertz CT molecular complexity index is 735. The number of nitrogens with two attached hydrogens (primary N) is 1. The highest BCUT2D eigenvalue weighted by atomic mass is 79.9. The van der Waals surface area contributed by atoms with Gasteiger partial charge in [-0.05, 0) is 49.4 Å². The van der Waals surface area contributed by atoms with E-state index in [4.69, 9.17) is 10.5 Å². The first-order valence-electron chi connectivity index (χ1n) is 6.69. The molecule has 0 aliphatic rings. The first kappa shape index (κ1) is 17.0. The Kier molecular flexibility index (Phi) is 5.33. The zero-order chi connectivity index (χ0) is 17.0. The number of rotatable bonds is 4. The number of carbonyl (C=O) groups is 2. The van der Waals surface area contributed by atoms with Crippen LogP contribution in [-0.2, 0) is 9.53 Å². The Balaban J connectivity index is 1.99. The molecular formula is C16H14BrFN2O3. The second-order valence-electron chi connectivity index (χ2n) is 4.78. The summed E-state index contributed by atoms with van der Waals surface area (Å²) in [5.74, 6) is -1.89. The van der Waals surface area contributed by atoms with Gasteiger partial charge in [-0.1, -0.05) is 15.9 Å². The summed E-state index contributed by atoms with van der Waals surface area (Å²) in [5.41, 5.74) is 6.32. The highest BCUT2D eigenvalue weighted by Gasteiger charge is 2.20. The van der Waals surface area contributed by atoms with Crippen LogP contribution in [0.25, 0.3) is 0 Å². The molecule has 0 aliphatic carbocycles. The first-order valence-corrected chi connectivity index (χ1v) is 7.48. The van der Waals surface area contributed by atoms with Crippen molar-refractivity contribution in [2.24, 2.45) is 0 Å². The van der Waals surface area contributed by atoms with Crippen molar-refractivity contribution < 1.29 is 18.7 Å². The third-order valence-corrected chi connectivity index (χ3v) is 3.48. The van der Waals surface area contributed by atoms with E-state index in [1.165, 1.54) is 31.2 Å². The van der Waals surface area contributed by atoms with Gasteiger partial charge in [0.25, 0.3) is 5.91 Å². The van der Waals surface area contributed by atoms with E-state index in [2.05, 4.69) is 21.2 Å². The average molecular weight is 381 g/mol. The molecule has 0 heterocycles. The van der Waals surface area contributed by atoms with Crippen LogP contribution in [0, 0.1) is 5.82 Å². The summed E-state index contributed by atoms with van der Waals surface area (Å²) in [7, 11) is 0. The lowest BCUT2D eigenvalue weighted by molar-refractivity contribution is -0.123. The zero-order valence-corrected chi connectivity index (χ0v) is 13.8. The van der Waals surface area contributed by atoms with Gasteiger partial charge in [0.2, 0.25) is 0 Å². The van der Waals surface area contributed by atoms with Crippen LogP contribution < -0.4 is 11.1 Å². The van der Waals surface area contributed by atoms with E-state index in [1.807, 2.05) is 0 Å². The van der Waals surface area contributed by atoms with Crippen LogP contribution in [0.15, 0.2) is 46.9 Å². The molecule has 5 nitrogen and oxygen atoms in total. The maximum Gasteiger partial charge on any atom is 0.338 e. The maximum absolute atomic E-state index is 13.7. The number of hydrogen-bond donors (Lipinski definition) is 2. The minimum Gasteiger partial charge on any atom is -0.449 e. The van der Waals surface area contributed by atoms with Crippen LogP contribution in [0.1, 0.15) is 17.3 Å². The molecule has 1 unspecified atom stereocenters. The molecule has 1 amide bonds. The third-order valence-electron chi connectivity index (χ3n) is 2.99. The molecular weight excluding hydrogens is 367 g/mol. The van der Waals surface area contributed by atoms with Crippen LogP contribution in [0.5, 0.6) is 0 Å². The molecule has 2 rings (SSSR count). The van der Waals surface area contributed by atoms with Gasteiger partial charge >= 0.3 is 5.97 Å². The summed E-state index contributed by atoms with van der Waals surface area (Å²) in [6.07, 6.45) is -1.08. The van der Waals surface area contributed by atoms with Crippen LogP contribution in [0.4, 0.5) is 15.8 Å². The van der Waals surface area contributed by atoms with E-state index >= 15 is 0 Å². The van der Waals surface area contributed by atoms with Gasteiger partial charge in [0.1, 0.15) is 5.82 Å². The molecule has 7 heteroatoms. The lowest BCUT2D eigenvalue weighted by atomic mass is 10.2. The predicted molar refractivity (Wildman–Crippen MR) is 88.5 cm³/mol. The minimum absolute atomic E-state index is 0.00795. The van der Waals surface area contributed by atoms with Gasteiger partial charge in [-0.25, -0.2) is 9.18 Å². The normalized spacial score (nSPS) is 11.6. The Morgan fingerprint density at radius 3 is 2.48 bits per heavy atom. The number of anilines is 2. The first-order chi connectivity index (χ1) is 10.9. The highest BCUT2D eigenvalue weighted by molar-refractivity contribution is 9.10. The van der Waals surface area contributed by atoms with Crippen LogP contribution in [0.2, 0.25) is 0 Å². The van der Waals surface area contributed by atoms with E-state index in [9.17, 15) is 14.0 Å². The topological polar surface area (TPSA) is 81.4 Å². The van der Waals surface area contributed by atoms with Crippen LogP contribution in [-0.4, -0.2) is 18.0 Å². The molecule has 1 atom stereocenters. The fourth-order valence-corrected chi connectivity index (χ4v) is 2.06. The van der Waals surface area contributed by atoms with E-state index in [1.54, 1.807) is 18.2 Å². The Morgan fingerprint density at radius 1 is 1.22 bits per heavy atom. The van der Waals surface area contributed by atoms with Gasteiger partial charge in [-0.15, -0.1) is 0 Å². The summed E-state index contributed by atoms with van der Waals surface area (Å²) in [5, 5.41) is 2.37. The van der Waals surface area contributed by atoms with Crippen molar-refractivity contribution in [3.63, 3.8) is 0 Å². The van der Waals surface area contributed by atoms with Gasteiger partial charge < -0.3 is 15.8 Å². The van der Waals surface area contributed by atoms with E-state index in [0.717, 1.165) is 0 Å². The van der Waals surface area contributed by atoms with Crippen molar-refractivity contribution >= 4 is 39.2 Å². The zero-order valence-electron chi connectivity index (χ0n) is 12.2. The van der Waals surface area contributed by atoms with Gasteiger partial charge in [0, 0.05) is 10.2 Å². The number of ether oxygens (including phenoxy) is 1. The molecule has 0 spiro atoms. The molecule has 0 fully saturated rings. The number of amides is 1. The Labute approximate surface area is 140 Å². The number of carbonyl (C=O) groups excluding carboxylic acids is 2. The minimum atomic E-state index is -1.08. The fraction of sp³-hybridized carbons (Fsp3) is 0.125. The van der Waals surface area contributed by atoms with Crippen LogP contribution >= 0.6 is 15.9 Å². The van der Waals surface area contributed by atoms with E-state index in [-0.39, 0.29) is 11.3 Å². The molecule has 0 aliphatic heterocycles. The lowest BCUT2D eigenvalue weighted by Gasteiger charge is -2.14. The van der Waals surface area contributed by atoms with E-state index < -0.39 is 23.8 Å². The lowest BCUT2D eigenvalue weighted by Crippen LogP contribution is -2.30. The number of esters is 1. The maximum atomic E-state index is 13.7. The number of benzene rings is 2. The standard InChI is InChI=1S/C16H14BrFN2O3/c1-9(23-16(22)10-2-5-12(19)6-3-10)15(21)20-14-7-4-11(17)8-13(14)18/h2-9H,19H2,1H3,(H,20,21). The molecule has 23 heavy (non-hydrogen) atoms. The summed E-state index contributed by atoms with van der Waals surface area (Å²) in [6.45, 7) is 1.40. The summed E-state index contributed by atoms with van der Waals surface area (Å²) < 4.78 is 19.3. The Morgan fingerprint density at radius 2 is 1.87 bits per heavy atom. The summed E-state index contributed by atoms with van der Waals surface area (Å²) in [4.78, 5) is 23.9. The van der Waals surface area contributed by atoms with Crippen molar-refractivity contribution in [3.05, 3.63) is 58.3 Å². The molecule has 120 valence electrons. The van der Waals surface area contributed by atoms with Crippen molar-refractivity contribution in [1.29, 1.82) is 0 Å². The second kappa shape index (κ2) is 7.23. The highest BCUT2D eigenvalue weighted by Crippen LogP contribution is 2.19. The van der Waals surface area contributed by atoms with Crippen molar-refractivity contribution in [3.8, 4) is 0 Å². The predicted octanol–water partition coefficient (Wildman–Crippen LogP) is 3.35. The second-order valence-corrected chi connectivity index (χ2v) is 5.70. The molecule has 0 saturated heterocycles. The van der Waals surface area contributed by atoms with Crippen molar-refractivity contribution in [1.82, 2.24) is 0 Å². The monoisotopic (exact) mass is 380 g/mol. The third kappa shape index (κ3) is 4.53. The molecule has 2 aromatic carbocycles. The van der Waals surface area contributed by atoms with Gasteiger partial charge in [-0.3, -0.25) is 4.79 Å². The fourth-order valence-electron chi connectivity index (χ4n) is 1.73. The van der Waals surface area contributed by atoms with Crippen LogP contribution in [0.3, 0.4) is 0 Å². The Hall–Kier alpha value is -2.41. The van der Waals surface area contributed by atoms with Gasteiger partial charge in [0.05, 0.1) is 11.3 Å². The van der Waals surface area contributed by atoms with Crippen molar-refractivity contribution in [2.45, 2.75) is 13.0 Å². The molecule has 3 N–H and O–H groups in total. The quantitative estimate of drug-likeness (QED) is 0.629. The number of hydrogen-bond acceptors (Lipinski definition) is 4. The molecule has 0 bridgehead atoms. The van der Waals surface area contributed by atoms with Gasteiger partial charge in [0.15, 0.2) is 6.10 Å². The largest absolute Gasteiger partial charge is 0.449 e. The average Bonchev–Trinajstić information content (AvgIpc) is 2.50. The van der Waals surface area contributed by atoms with Gasteiger partial charge in [-0.2, -0.15) is 0 Å². The molecule has 0 radical (unpaired) electrons. The smallest absolute Gasteiger partial charge is 0.338 e. The summed E-state index contributed by atoms with van der Waals surface area (Å²) in [6, 6.07) is 10.3. The van der Waals surface area contributed by atoms with Crippen molar-refractivity contribution in [2.75, 3.05) is 11.1 Å². The number of halogens is 2.